The number of hydrogen-bond acceptors (Lipinski definition) is 5. The second-order valence-corrected chi connectivity index (χ2v) is 5.90. The lowest BCUT2D eigenvalue weighted by Crippen LogP contribution is -2.45. The number of cyclic esters (lactones) is 1. The Kier molecular flexibility index (Phi) is 3.61. The van der Waals surface area contributed by atoms with Gasteiger partial charge in [0.05, 0.1) is 5.92 Å². The first-order valence-electron chi connectivity index (χ1n) is 6.52. The number of piperidine rings is 1. The Hall–Kier alpha value is -1.10. The molecule has 18 heavy (non-hydrogen) atoms. The van der Waals surface area contributed by atoms with Crippen molar-refractivity contribution in [2.75, 3.05) is 13.2 Å². The van der Waals surface area contributed by atoms with Crippen LogP contribution in [0.25, 0.3) is 0 Å². The average molecular weight is 255 g/mol. The average Bonchev–Trinajstić information content (AvgIpc) is 2.56. The van der Waals surface area contributed by atoms with E-state index >= 15 is 0 Å². The van der Waals surface area contributed by atoms with Crippen LogP contribution in [-0.4, -0.2) is 37.2 Å². The molecule has 0 aromatic heterocycles. The Bertz CT molecular complexity index is 353. The summed E-state index contributed by atoms with van der Waals surface area (Å²) in [7, 11) is 0. The standard InChI is InChI=1S/C13H21NO4/c1-8-9(5-4-6-14-8)11(15)18-10-12(16)17-7-13(10,2)3/h8-10,14H,4-7H2,1-3H3/t8-,9-,10-/m0/s1. The van der Waals surface area contributed by atoms with Crippen molar-refractivity contribution in [3.63, 3.8) is 0 Å². The first kappa shape index (κ1) is 13.3. The summed E-state index contributed by atoms with van der Waals surface area (Å²) >= 11 is 0. The van der Waals surface area contributed by atoms with E-state index in [0.29, 0.717) is 6.61 Å². The van der Waals surface area contributed by atoms with Gasteiger partial charge < -0.3 is 14.8 Å². The molecule has 2 heterocycles. The van der Waals surface area contributed by atoms with Gasteiger partial charge in [0.15, 0.2) is 0 Å². The Morgan fingerprint density at radius 3 is 2.78 bits per heavy atom. The van der Waals surface area contributed by atoms with Crippen molar-refractivity contribution in [2.24, 2.45) is 11.3 Å². The monoisotopic (exact) mass is 255 g/mol. The van der Waals surface area contributed by atoms with Crippen LogP contribution < -0.4 is 5.32 Å². The predicted molar refractivity (Wildman–Crippen MR) is 64.8 cm³/mol. The minimum Gasteiger partial charge on any atom is -0.462 e. The highest BCUT2D eigenvalue weighted by Crippen LogP contribution is 2.32. The number of carbonyl (C=O) groups excluding carboxylic acids is 2. The molecule has 102 valence electrons. The van der Waals surface area contributed by atoms with Gasteiger partial charge >= 0.3 is 11.9 Å². The highest BCUT2D eigenvalue weighted by molar-refractivity contribution is 5.82. The quantitative estimate of drug-likeness (QED) is 0.742. The van der Waals surface area contributed by atoms with Crippen LogP contribution in [0.5, 0.6) is 0 Å². The third-order valence-electron chi connectivity index (χ3n) is 3.81. The first-order chi connectivity index (χ1) is 8.42. The van der Waals surface area contributed by atoms with Crippen LogP contribution in [-0.2, 0) is 19.1 Å². The van der Waals surface area contributed by atoms with Crippen LogP contribution >= 0.6 is 0 Å². The maximum Gasteiger partial charge on any atom is 0.348 e. The zero-order valence-corrected chi connectivity index (χ0v) is 11.2. The summed E-state index contributed by atoms with van der Waals surface area (Å²) < 4.78 is 10.4. The van der Waals surface area contributed by atoms with E-state index in [1.165, 1.54) is 0 Å². The van der Waals surface area contributed by atoms with Crippen LogP contribution in [0, 0.1) is 11.3 Å². The van der Waals surface area contributed by atoms with Gasteiger partial charge in [0.25, 0.3) is 0 Å². The topological polar surface area (TPSA) is 64.6 Å². The molecule has 0 saturated carbocycles. The Morgan fingerprint density at radius 2 is 2.22 bits per heavy atom. The van der Waals surface area contributed by atoms with Gasteiger partial charge in [-0.2, -0.15) is 0 Å². The van der Waals surface area contributed by atoms with Crippen LogP contribution in [0.2, 0.25) is 0 Å². The first-order valence-corrected chi connectivity index (χ1v) is 6.52. The van der Waals surface area contributed by atoms with Crippen molar-refractivity contribution >= 4 is 11.9 Å². The van der Waals surface area contributed by atoms with Gasteiger partial charge in [-0.1, -0.05) is 13.8 Å². The van der Waals surface area contributed by atoms with Crippen molar-refractivity contribution in [1.82, 2.24) is 5.32 Å². The summed E-state index contributed by atoms with van der Waals surface area (Å²) in [6, 6.07) is 0.104. The van der Waals surface area contributed by atoms with E-state index in [-0.39, 0.29) is 17.9 Å². The fourth-order valence-corrected chi connectivity index (χ4v) is 2.50. The van der Waals surface area contributed by atoms with Crippen molar-refractivity contribution in [3.05, 3.63) is 0 Å². The lowest BCUT2D eigenvalue weighted by molar-refractivity contribution is -0.167. The van der Waals surface area contributed by atoms with Gasteiger partial charge in [0, 0.05) is 11.5 Å². The van der Waals surface area contributed by atoms with Crippen LogP contribution in [0.1, 0.15) is 33.6 Å². The molecule has 2 aliphatic rings. The SMILES string of the molecule is C[C@@H]1NCCC[C@@H]1C(=O)O[C@H]1C(=O)OCC1(C)C. The van der Waals surface area contributed by atoms with E-state index in [4.69, 9.17) is 9.47 Å². The molecule has 0 amide bonds. The molecule has 0 aromatic carbocycles. The molecule has 2 fully saturated rings. The maximum absolute atomic E-state index is 12.1. The lowest BCUT2D eigenvalue weighted by atomic mass is 9.88. The Balaban J connectivity index is 2.00. The number of esters is 2. The molecule has 0 bridgehead atoms. The van der Waals surface area contributed by atoms with Crippen molar-refractivity contribution in [2.45, 2.75) is 45.8 Å². The second-order valence-electron chi connectivity index (χ2n) is 5.90. The molecule has 0 spiro atoms. The lowest BCUT2D eigenvalue weighted by Gasteiger charge is -2.30. The fraction of sp³-hybridized carbons (Fsp3) is 0.846. The molecule has 0 unspecified atom stereocenters. The number of rotatable bonds is 2. The van der Waals surface area contributed by atoms with E-state index in [1.54, 1.807) is 0 Å². The van der Waals surface area contributed by atoms with Gasteiger partial charge in [0.2, 0.25) is 6.10 Å². The number of nitrogens with one attached hydrogen (secondary N) is 1. The van der Waals surface area contributed by atoms with Crippen molar-refractivity contribution in [1.29, 1.82) is 0 Å². The molecule has 0 aliphatic carbocycles. The zero-order valence-electron chi connectivity index (χ0n) is 11.2. The molecule has 2 aliphatic heterocycles. The largest absolute Gasteiger partial charge is 0.462 e. The van der Waals surface area contributed by atoms with Gasteiger partial charge in [-0.15, -0.1) is 0 Å². The van der Waals surface area contributed by atoms with E-state index < -0.39 is 17.5 Å². The van der Waals surface area contributed by atoms with Gasteiger partial charge in [0.1, 0.15) is 6.61 Å². The number of carbonyl (C=O) groups is 2. The summed E-state index contributed by atoms with van der Waals surface area (Å²) in [4.78, 5) is 23.7. The maximum atomic E-state index is 12.1. The smallest absolute Gasteiger partial charge is 0.348 e. The van der Waals surface area contributed by atoms with Gasteiger partial charge in [-0.05, 0) is 26.3 Å². The fourth-order valence-electron chi connectivity index (χ4n) is 2.50. The minimum atomic E-state index is -0.765. The number of ether oxygens (including phenoxy) is 2. The van der Waals surface area contributed by atoms with Crippen molar-refractivity contribution < 1.29 is 19.1 Å². The van der Waals surface area contributed by atoms with Gasteiger partial charge in [-0.25, -0.2) is 4.79 Å². The highest BCUT2D eigenvalue weighted by atomic mass is 16.6. The predicted octanol–water partition coefficient (Wildman–Crippen LogP) is 0.869. The second kappa shape index (κ2) is 4.88. The summed E-state index contributed by atoms with van der Waals surface area (Å²) in [6.07, 6.45) is 1.01. The van der Waals surface area contributed by atoms with E-state index in [9.17, 15) is 9.59 Å². The summed E-state index contributed by atoms with van der Waals surface area (Å²) in [5.41, 5.74) is -0.432. The highest BCUT2D eigenvalue weighted by Gasteiger charge is 2.47. The molecule has 2 rings (SSSR count). The van der Waals surface area contributed by atoms with Gasteiger partial charge in [-0.3, -0.25) is 4.79 Å². The third-order valence-corrected chi connectivity index (χ3v) is 3.81. The van der Waals surface area contributed by atoms with Crippen LogP contribution in [0.3, 0.4) is 0 Å². The molecular weight excluding hydrogens is 234 g/mol. The summed E-state index contributed by atoms with van der Waals surface area (Å²) in [5.74, 6) is -0.876. The Morgan fingerprint density at radius 1 is 1.50 bits per heavy atom. The molecule has 5 nitrogen and oxygen atoms in total. The molecule has 1 N–H and O–H groups in total. The normalized spacial score (nSPS) is 35.1. The van der Waals surface area contributed by atoms with E-state index in [0.717, 1.165) is 19.4 Å². The zero-order chi connectivity index (χ0) is 13.3. The molecule has 2 saturated heterocycles. The van der Waals surface area contributed by atoms with Crippen LogP contribution in [0.4, 0.5) is 0 Å². The Labute approximate surface area is 107 Å². The third kappa shape index (κ3) is 2.51. The molecule has 5 heteroatoms. The molecule has 0 radical (unpaired) electrons. The summed E-state index contributed by atoms with van der Waals surface area (Å²) in [5, 5.41) is 3.25. The van der Waals surface area contributed by atoms with E-state index in [1.807, 2.05) is 20.8 Å². The van der Waals surface area contributed by atoms with E-state index in [2.05, 4.69) is 5.32 Å². The summed E-state index contributed by atoms with van der Waals surface area (Å²) in [6.45, 7) is 6.96. The molecule has 0 aromatic rings. The minimum absolute atomic E-state index is 0.104. The molecular formula is C13H21NO4. The molecule has 3 atom stereocenters. The number of hydrogen-bond donors (Lipinski definition) is 1. The van der Waals surface area contributed by atoms with Crippen molar-refractivity contribution in [3.8, 4) is 0 Å². The van der Waals surface area contributed by atoms with Crippen LogP contribution in [0.15, 0.2) is 0 Å².